The van der Waals surface area contributed by atoms with Crippen molar-refractivity contribution in [1.82, 2.24) is 14.8 Å². The molecule has 2 N–H and O–H groups in total. The lowest BCUT2D eigenvalue weighted by Crippen LogP contribution is -2.04. The first kappa shape index (κ1) is 11.6. The van der Waals surface area contributed by atoms with Crippen molar-refractivity contribution in [1.29, 1.82) is 0 Å². The van der Waals surface area contributed by atoms with Crippen LogP contribution in [0.5, 0.6) is 0 Å². The Bertz CT molecular complexity index is 328. The van der Waals surface area contributed by atoms with Crippen molar-refractivity contribution in [3.63, 3.8) is 0 Å². The van der Waals surface area contributed by atoms with Gasteiger partial charge in [-0.2, -0.15) is 0 Å². The average Bonchev–Trinajstić information content (AvgIpc) is 3.04. The molecule has 2 rings (SSSR count). The van der Waals surface area contributed by atoms with Gasteiger partial charge in [0.25, 0.3) is 0 Å². The molecule has 1 saturated carbocycles. The summed E-state index contributed by atoms with van der Waals surface area (Å²) in [6.07, 6.45) is 8.54. The summed E-state index contributed by atoms with van der Waals surface area (Å²) in [4.78, 5) is 0. The van der Waals surface area contributed by atoms with Gasteiger partial charge in [-0.15, -0.1) is 10.2 Å². The molecule has 1 aromatic heterocycles. The van der Waals surface area contributed by atoms with Gasteiger partial charge in [-0.1, -0.05) is 12.8 Å². The molecule has 1 aliphatic rings. The molecule has 0 unspecified atom stereocenters. The van der Waals surface area contributed by atoms with Crippen molar-refractivity contribution in [2.75, 3.05) is 6.54 Å². The third-order valence-electron chi connectivity index (χ3n) is 3.20. The lowest BCUT2D eigenvalue weighted by Gasteiger charge is -2.06. The van der Waals surface area contributed by atoms with Crippen LogP contribution >= 0.6 is 0 Å². The van der Waals surface area contributed by atoms with Gasteiger partial charge in [-0.25, -0.2) is 0 Å². The highest BCUT2D eigenvalue weighted by Gasteiger charge is 2.27. The van der Waals surface area contributed by atoms with Crippen LogP contribution in [-0.4, -0.2) is 21.3 Å². The average molecular weight is 222 g/mol. The third kappa shape index (κ3) is 2.82. The minimum Gasteiger partial charge on any atom is -0.330 e. The van der Waals surface area contributed by atoms with Crippen molar-refractivity contribution in [2.45, 2.75) is 57.9 Å². The largest absolute Gasteiger partial charge is 0.330 e. The Morgan fingerprint density at radius 3 is 2.62 bits per heavy atom. The molecule has 1 fully saturated rings. The highest BCUT2D eigenvalue weighted by molar-refractivity contribution is 5.01. The van der Waals surface area contributed by atoms with Crippen LogP contribution < -0.4 is 5.73 Å². The Labute approximate surface area is 97.2 Å². The Kier molecular flexibility index (Phi) is 3.93. The van der Waals surface area contributed by atoms with Crippen LogP contribution in [0, 0.1) is 6.92 Å². The van der Waals surface area contributed by atoms with Crippen molar-refractivity contribution in [3.8, 4) is 0 Å². The van der Waals surface area contributed by atoms with Crippen LogP contribution in [0.15, 0.2) is 0 Å². The molecule has 0 amide bonds. The second-order valence-corrected chi connectivity index (χ2v) is 4.72. The molecule has 1 heterocycles. The van der Waals surface area contributed by atoms with Crippen LogP contribution in [0.25, 0.3) is 0 Å². The van der Waals surface area contributed by atoms with Crippen LogP contribution in [0.2, 0.25) is 0 Å². The monoisotopic (exact) mass is 222 g/mol. The molecule has 90 valence electrons. The van der Waals surface area contributed by atoms with Gasteiger partial charge in [-0.05, 0) is 39.2 Å². The van der Waals surface area contributed by atoms with E-state index in [1.165, 1.54) is 37.9 Å². The molecule has 1 aromatic rings. The van der Waals surface area contributed by atoms with E-state index in [-0.39, 0.29) is 0 Å². The van der Waals surface area contributed by atoms with Gasteiger partial charge in [0.1, 0.15) is 11.6 Å². The fourth-order valence-electron chi connectivity index (χ4n) is 2.17. The molecule has 0 bridgehead atoms. The number of aromatic nitrogens is 3. The minimum absolute atomic E-state index is 0.703. The summed E-state index contributed by atoms with van der Waals surface area (Å²) < 4.78 is 2.34. The molecule has 4 heteroatoms. The summed E-state index contributed by atoms with van der Waals surface area (Å²) in [7, 11) is 0. The number of rotatable bonds is 7. The van der Waals surface area contributed by atoms with E-state index < -0.39 is 0 Å². The van der Waals surface area contributed by atoms with Gasteiger partial charge in [0.2, 0.25) is 0 Å². The van der Waals surface area contributed by atoms with Crippen LogP contribution in [-0.2, 0) is 6.42 Å². The van der Waals surface area contributed by atoms with Gasteiger partial charge < -0.3 is 10.3 Å². The van der Waals surface area contributed by atoms with Gasteiger partial charge in [0.15, 0.2) is 0 Å². The molecule has 0 radical (unpaired) electrons. The predicted molar refractivity (Wildman–Crippen MR) is 64.3 cm³/mol. The maximum Gasteiger partial charge on any atom is 0.133 e. The molecular weight excluding hydrogens is 200 g/mol. The van der Waals surface area contributed by atoms with E-state index in [2.05, 4.69) is 21.7 Å². The standard InChI is InChI=1S/C12H22N4/c1-10-14-15-12(16(10)11-7-8-11)6-4-2-3-5-9-13/h11H,2-9,13H2,1H3. The first-order valence-corrected chi connectivity index (χ1v) is 6.43. The molecule has 0 aliphatic heterocycles. The fourth-order valence-corrected chi connectivity index (χ4v) is 2.17. The number of aryl methyl sites for hydroxylation is 2. The molecule has 0 spiro atoms. The van der Waals surface area contributed by atoms with E-state index in [0.29, 0.717) is 6.04 Å². The summed E-state index contributed by atoms with van der Waals surface area (Å²) in [6, 6.07) is 0.703. The summed E-state index contributed by atoms with van der Waals surface area (Å²) in [5.74, 6) is 2.27. The molecule has 0 aromatic carbocycles. The van der Waals surface area contributed by atoms with Gasteiger partial charge in [0.05, 0.1) is 0 Å². The van der Waals surface area contributed by atoms with Crippen molar-refractivity contribution in [2.24, 2.45) is 5.73 Å². The number of unbranched alkanes of at least 4 members (excludes halogenated alkanes) is 3. The summed E-state index contributed by atoms with van der Waals surface area (Å²) in [6.45, 7) is 2.88. The lowest BCUT2D eigenvalue weighted by atomic mass is 10.1. The lowest BCUT2D eigenvalue weighted by molar-refractivity contribution is 0.601. The highest BCUT2D eigenvalue weighted by atomic mass is 15.3. The maximum absolute atomic E-state index is 5.47. The highest BCUT2D eigenvalue weighted by Crippen LogP contribution is 2.36. The molecule has 4 nitrogen and oxygen atoms in total. The smallest absolute Gasteiger partial charge is 0.133 e. The summed E-state index contributed by atoms with van der Waals surface area (Å²) in [5, 5.41) is 8.47. The van der Waals surface area contributed by atoms with E-state index in [4.69, 9.17) is 5.73 Å². The van der Waals surface area contributed by atoms with Gasteiger partial charge in [-0.3, -0.25) is 0 Å². The second-order valence-electron chi connectivity index (χ2n) is 4.72. The number of hydrogen-bond donors (Lipinski definition) is 1. The topological polar surface area (TPSA) is 56.7 Å². The fraction of sp³-hybridized carbons (Fsp3) is 0.833. The van der Waals surface area contributed by atoms with Crippen LogP contribution in [0.4, 0.5) is 0 Å². The summed E-state index contributed by atoms with van der Waals surface area (Å²) >= 11 is 0. The molecular formula is C12H22N4. The quantitative estimate of drug-likeness (QED) is 0.718. The van der Waals surface area contributed by atoms with Gasteiger partial charge in [0, 0.05) is 12.5 Å². The van der Waals surface area contributed by atoms with E-state index in [1.54, 1.807) is 0 Å². The Morgan fingerprint density at radius 2 is 1.94 bits per heavy atom. The molecule has 16 heavy (non-hydrogen) atoms. The third-order valence-corrected chi connectivity index (χ3v) is 3.20. The summed E-state index contributed by atoms with van der Waals surface area (Å²) in [5.41, 5.74) is 5.47. The second kappa shape index (κ2) is 5.43. The van der Waals surface area contributed by atoms with Crippen LogP contribution in [0.3, 0.4) is 0 Å². The van der Waals surface area contributed by atoms with E-state index in [0.717, 1.165) is 25.2 Å². The predicted octanol–water partition coefficient (Wildman–Crippen LogP) is 1.98. The van der Waals surface area contributed by atoms with E-state index in [9.17, 15) is 0 Å². The Balaban J connectivity index is 1.80. The first-order valence-electron chi connectivity index (χ1n) is 6.43. The Hall–Kier alpha value is -0.900. The molecule has 1 aliphatic carbocycles. The molecule has 0 atom stereocenters. The first-order chi connectivity index (χ1) is 7.83. The van der Waals surface area contributed by atoms with E-state index >= 15 is 0 Å². The molecule has 0 saturated heterocycles. The number of hydrogen-bond acceptors (Lipinski definition) is 3. The normalized spacial score (nSPS) is 15.6. The Morgan fingerprint density at radius 1 is 1.19 bits per heavy atom. The van der Waals surface area contributed by atoms with Crippen molar-refractivity contribution >= 4 is 0 Å². The SMILES string of the molecule is Cc1nnc(CCCCCCN)n1C1CC1. The maximum atomic E-state index is 5.47. The number of nitrogens with zero attached hydrogens (tertiary/aromatic N) is 3. The van der Waals surface area contributed by atoms with Crippen LogP contribution in [0.1, 0.15) is 56.2 Å². The van der Waals surface area contributed by atoms with Crippen molar-refractivity contribution < 1.29 is 0 Å². The zero-order valence-corrected chi connectivity index (χ0v) is 10.2. The van der Waals surface area contributed by atoms with Gasteiger partial charge >= 0.3 is 0 Å². The zero-order chi connectivity index (χ0) is 11.4. The number of nitrogens with two attached hydrogens (primary N) is 1. The van der Waals surface area contributed by atoms with Crippen molar-refractivity contribution in [3.05, 3.63) is 11.6 Å². The van der Waals surface area contributed by atoms with E-state index in [1.807, 2.05) is 0 Å². The minimum atomic E-state index is 0.703. The zero-order valence-electron chi connectivity index (χ0n) is 10.2.